The molecule has 0 spiro atoms. The van der Waals surface area contributed by atoms with Crippen LogP contribution in [0.4, 0.5) is 5.69 Å². The first-order valence-corrected chi connectivity index (χ1v) is 7.17. The molecule has 1 aromatic rings. The van der Waals surface area contributed by atoms with Crippen molar-refractivity contribution in [3.8, 4) is 0 Å². The van der Waals surface area contributed by atoms with Gasteiger partial charge in [0.25, 0.3) is 5.91 Å². The van der Waals surface area contributed by atoms with Gasteiger partial charge in [0, 0.05) is 16.0 Å². The van der Waals surface area contributed by atoms with Crippen LogP contribution >= 0.6 is 27.5 Å². The third kappa shape index (κ3) is 2.77. The number of likely N-dealkylation sites (N-methyl/N-ethyl adjacent to an activating group) is 1. The molecule has 1 saturated heterocycles. The Kier molecular flexibility index (Phi) is 4.16. The molecule has 1 fully saturated rings. The Hall–Kier alpha value is -1.07. The van der Waals surface area contributed by atoms with Crippen molar-refractivity contribution in [2.45, 2.75) is 26.3 Å². The quantitative estimate of drug-likeness (QED) is 0.857. The van der Waals surface area contributed by atoms with E-state index in [-0.39, 0.29) is 18.2 Å². The Labute approximate surface area is 125 Å². The Morgan fingerprint density at radius 3 is 2.74 bits per heavy atom. The van der Waals surface area contributed by atoms with Gasteiger partial charge in [0.05, 0.1) is 12.1 Å². The molecule has 4 nitrogen and oxygen atoms in total. The van der Waals surface area contributed by atoms with Crippen molar-refractivity contribution in [3.05, 3.63) is 27.2 Å². The number of imide groups is 1. The summed E-state index contributed by atoms with van der Waals surface area (Å²) in [5.74, 6) is -0.324. The van der Waals surface area contributed by atoms with Crippen LogP contribution in [0, 0.1) is 6.92 Å². The highest BCUT2D eigenvalue weighted by atomic mass is 79.9. The van der Waals surface area contributed by atoms with Crippen LogP contribution in [0.25, 0.3) is 0 Å². The zero-order valence-corrected chi connectivity index (χ0v) is 13.0. The van der Waals surface area contributed by atoms with Crippen molar-refractivity contribution < 1.29 is 9.59 Å². The van der Waals surface area contributed by atoms with E-state index in [9.17, 15) is 9.59 Å². The van der Waals surface area contributed by atoms with Gasteiger partial charge in [0.2, 0.25) is 5.91 Å². The molecule has 1 atom stereocenters. The molecule has 6 heteroatoms. The summed E-state index contributed by atoms with van der Waals surface area (Å²) < 4.78 is 0.824. The smallest absolute Gasteiger partial charge is 0.252 e. The summed E-state index contributed by atoms with van der Waals surface area (Å²) in [5, 5.41) is 3.70. The van der Waals surface area contributed by atoms with Gasteiger partial charge in [0.1, 0.15) is 6.04 Å². The van der Waals surface area contributed by atoms with E-state index >= 15 is 0 Å². The molecule has 0 aromatic heterocycles. The van der Waals surface area contributed by atoms with E-state index in [1.165, 1.54) is 4.90 Å². The van der Waals surface area contributed by atoms with E-state index < -0.39 is 6.04 Å². The maximum Gasteiger partial charge on any atom is 0.252 e. The van der Waals surface area contributed by atoms with Crippen LogP contribution in [0.5, 0.6) is 0 Å². The molecule has 1 aliphatic rings. The zero-order valence-electron chi connectivity index (χ0n) is 10.7. The number of nitrogens with zero attached hydrogens (tertiary/aromatic N) is 1. The second-order valence-electron chi connectivity index (χ2n) is 4.46. The number of carbonyl (C=O) groups excluding carboxylic acids is 2. The lowest BCUT2D eigenvalue weighted by atomic mass is 10.2. The van der Waals surface area contributed by atoms with Gasteiger partial charge in [-0.25, -0.2) is 0 Å². The Morgan fingerprint density at radius 2 is 2.16 bits per heavy atom. The van der Waals surface area contributed by atoms with Crippen molar-refractivity contribution in [1.82, 2.24) is 4.90 Å². The zero-order chi connectivity index (χ0) is 14.2. The summed E-state index contributed by atoms with van der Waals surface area (Å²) in [6.45, 7) is 4.10. The SMILES string of the molecule is CCN1C(=O)CC(Nc2cc(Cl)c(C)cc2Br)C1=O. The molecule has 2 rings (SSSR count). The van der Waals surface area contributed by atoms with Crippen molar-refractivity contribution in [2.24, 2.45) is 0 Å². The minimum absolute atomic E-state index is 0.140. The predicted molar refractivity (Wildman–Crippen MR) is 78.3 cm³/mol. The average molecular weight is 346 g/mol. The number of hydrogen-bond acceptors (Lipinski definition) is 3. The summed E-state index contributed by atoms with van der Waals surface area (Å²) in [7, 11) is 0. The molecule has 1 heterocycles. The molecule has 0 saturated carbocycles. The van der Waals surface area contributed by atoms with E-state index in [1.807, 2.05) is 13.0 Å². The first-order valence-electron chi connectivity index (χ1n) is 6.00. The molecule has 1 unspecified atom stereocenters. The van der Waals surface area contributed by atoms with Crippen molar-refractivity contribution in [3.63, 3.8) is 0 Å². The summed E-state index contributed by atoms with van der Waals surface area (Å²) in [5.41, 5.74) is 1.67. The molecule has 1 N–H and O–H groups in total. The number of amides is 2. The van der Waals surface area contributed by atoms with Gasteiger partial charge in [-0.15, -0.1) is 0 Å². The number of anilines is 1. The molecule has 1 aliphatic heterocycles. The highest BCUT2D eigenvalue weighted by Crippen LogP contribution is 2.30. The predicted octanol–water partition coefficient (Wildman–Crippen LogP) is 2.97. The van der Waals surface area contributed by atoms with Crippen LogP contribution in [-0.2, 0) is 9.59 Å². The number of aryl methyl sites for hydroxylation is 1. The molecule has 2 amide bonds. The Morgan fingerprint density at radius 1 is 1.47 bits per heavy atom. The maximum atomic E-state index is 12.0. The minimum Gasteiger partial charge on any atom is -0.372 e. The molecular weight excluding hydrogens is 332 g/mol. The summed E-state index contributed by atoms with van der Waals surface area (Å²) in [6, 6.07) is 3.12. The van der Waals surface area contributed by atoms with Gasteiger partial charge < -0.3 is 5.32 Å². The highest BCUT2D eigenvalue weighted by Gasteiger charge is 2.37. The summed E-state index contributed by atoms with van der Waals surface area (Å²) in [6.07, 6.45) is 0.185. The van der Waals surface area contributed by atoms with E-state index in [1.54, 1.807) is 13.0 Å². The number of carbonyl (C=O) groups is 2. The van der Waals surface area contributed by atoms with Gasteiger partial charge in [-0.2, -0.15) is 0 Å². The molecule has 0 radical (unpaired) electrons. The number of hydrogen-bond donors (Lipinski definition) is 1. The number of rotatable bonds is 3. The highest BCUT2D eigenvalue weighted by molar-refractivity contribution is 9.10. The van der Waals surface area contributed by atoms with E-state index in [0.29, 0.717) is 11.6 Å². The van der Waals surface area contributed by atoms with E-state index in [4.69, 9.17) is 11.6 Å². The van der Waals surface area contributed by atoms with Crippen molar-refractivity contribution >= 4 is 45.0 Å². The van der Waals surface area contributed by atoms with E-state index in [0.717, 1.165) is 15.7 Å². The topological polar surface area (TPSA) is 49.4 Å². The van der Waals surface area contributed by atoms with Crippen molar-refractivity contribution in [1.29, 1.82) is 0 Å². The lowest BCUT2D eigenvalue weighted by Gasteiger charge is -2.16. The average Bonchev–Trinajstić information content (AvgIpc) is 2.61. The second kappa shape index (κ2) is 5.51. The van der Waals surface area contributed by atoms with Gasteiger partial charge in [-0.3, -0.25) is 14.5 Å². The monoisotopic (exact) mass is 344 g/mol. The second-order valence-corrected chi connectivity index (χ2v) is 5.72. The number of nitrogens with one attached hydrogen (secondary N) is 1. The van der Waals surface area contributed by atoms with Gasteiger partial charge in [-0.05, 0) is 47.5 Å². The fraction of sp³-hybridized carbons (Fsp3) is 0.385. The Balaban J connectivity index is 2.21. The lowest BCUT2D eigenvalue weighted by molar-refractivity contribution is -0.138. The number of likely N-dealkylation sites (tertiary alicyclic amines) is 1. The maximum absolute atomic E-state index is 12.0. The minimum atomic E-state index is -0.512. The van der Waals surface area contributed by atoms with Gasteiger partial charge in [-0.1, -0.05) is 11.6 Å². The largest absolute Gasteiger partial charge is 0.372 e. The third-order valence-corrected chi connectivity index (χ3v) is 4.20. The van der Waals surface area contributed by atoms with E-state index in [2.05, 4.69) is 21.2 Å². The van der Waals surface area contributed by atoms with Gasteiger partial charge in [0.15, 0.2) is 0 Å². The van der Waals surface area contributed by atoms with Gasteiger partial charge >= 0.3 is 0 Å². The molecule has 1 aromatic carbocycles. The number of halogens is 2. The third-order valence-electron chi connectivity index (χ3n) is 3.14. The Bertz CT molecular complexity index is 548. The normalized spacial score (nSPS) is 19.2. The van der Waals surface area contributed by atoms with Crippen LogP contribution in [0.3, 0.4) is 0 Å². The standard InChI is InChI=1S/C13H14BrClN2O2/c1-3-17-12(18)6-11(13(17)19)16-10-5-9(15)7(2)4-8(10)14/h4-5,11,16H,3,6H2,1-2H3. The van der Waals surface area contributed by atoms with Crippen LogP contribution in [0.2, 0.25) is 5.02 Å². The number of benzene rings is 1. The lowest BCUT2D eigenvalue weighted by Crippen LogP contribution is -2.34. The molecule has 102 valence electrons. The molecular formula is C13H14BrClN2O2. The van der Waals surface area contributed by atoms with Crippen LogP contribution in [0.15, 0.2) is 16.6 Å². The van der Waals surface area contributed by atoms with Crippen LogP contribution < -0.4 is 5.32 Å². The fourth-order valence-electron chi connectivity index (χ4n) is 2.07. The fourth-order valence-corrected chi connectivity index (χ4v) is 2.81. The van der Waals surface area contributed by atoms with Crippen molar-refractivity contribution in [2.75, 3.05) is 11.9 Å². The summed E-state index contributed by atoms with van der Waals surface area (Å²) in [4.78, 5) is 24.9. The molecule has 19 heavy (non-hydrogen) atoms. The molecule has 0 aliphatic carbocycles. The summed E-state index contributed by atoms with van der Waals surface area (Å²) >= 11 is 9.49. The van der Waals surface area contributed by atoms with Crippen LogP contribution in [-0.4, -0.2) is 29.3 Å². The first kappa shape index (κ1) is 14.3. The first-order chi connectivity index (χ1) is 8.93. The van der Waals surface area contributed by atoms with Crippen LogP contribution in [0.1, 0.15) is 18.9 Å². The molecule has 0 bridgehead atoms.